The lowest BCUT2D eigenvalue weighted by Crippen LogP contribution is -2.30. The smallest absolute Gasteiger partial charge is 0.462 e. The van der Waals surface area contributed by atoms with Crippen LogP contribution in [0.15, 0.2) is 97.2 Å². The Morgan fingerprint density at radius 3 is 1.08 bits per heavy atom. The lowest BCUT2D eigenvalue weighted by atomic mass is 10.0. The van der Waals surface area contributed by atoms with Gasteiger partial charge in [-0.15, -0.1) is 0 Å². The fourth-order valence-electron chi connectivity index (χ4n) is 7.99. The average Bonchev–Trinajstić information content (AvgIpc) is 3.41. The number of phosphoric acid groups is 1. The van der Waals surface area contributed by atoms with E-state index >= 15 is 0 Å². The van der Waals surface area contributed by atoms with E-state index in [1.807, 2.05) is 0 Å². The summed E-state index contributed by atoms with van der Waals surface area (Å²) in [4.78, 5) is 48.6. The second-order valence-corrected chi connectivity index (χ2v) is 21.2. The number of aliphatic hydroxyl groups excluding tert-OH is 1. The predicted molar refractivity (Wildman–Crippen MR) is 316 cm³/mol. The van der Waals surface area contributed by atoms with Crippen LogP contribution in [0.2, 0.25) is 0 Å². The summed E-state index contributed by atoms with van der Waals surface area (Å²) in [7, 11) is -4.77. The third-order valence-electron chi connectivity index (χ3n) is 12.5. The standard InChI is InChI=1S/C64H109O11P/c1-4-7-10-13-16-19-22-25-28-30-33-36-39-42-45-48-51-54-63(67)74-60(56-65)58-72-76(69,70)73-59-61(57-71-62(66)53-50-47-44-41-38-35-32-27-24-21-18-15-12-9-6-3)75-64(68)55-52-49-46-43-40-37-34-31-29-26-23-20-17-14-11-8-5-2/h8-9,11-12,17-18,20-21,26-27,29,32,34,37-38,41,60-61,65H,4-7,10,13-16,19,22-25,28,30-31,33,35-36,39-40,42-59H2,1-3H3,(H,69,70)/b11-8-,12-9-,20-17-,21-18-,29-26-,32-27-,37-34-,41-38-. The van der Waals surface area contributed by atoms with Crippen molar-refractivity contribution in [2.24, 2.45) is 0 Å². The largest absolute Gasteiger partial charge is 0.472 e. The normalized spacial score (nSPS) is 14.0. The zero-order chi connectivity index (χ0) is 55.5. The molecule has 436 valence electrons. The van der Waals surface area contributed by atoms with Crippen molar-refractivity contribution < 1.29 is 52.2 Å². The molecule has 12 heteroatoms. The van der Waals surface area contributed by atoms with Gasteiger partial charge in [0, 0.05) is 19.3 Å². The van der Waals surface area contributed by atoms with E-state index in [1.54, 1.807) is 0 Å². The van der Waals surface area contributed by atoms with E-state index in [1.165, 1.54) is 83.5 Å². The van der Waals surface area contributed by atoms with Crippen LogP contribution in [0.5, 0.6) is 0 Å². The topological polar surface area (TPSA) is 155 Å². The molecule has 0 saturated heterocycles. The molecule has 3 unspecified atom stereocenters. The number of ether oxygens (including phenoxy) is 3. The van der Waals surface area contributed by atoms with Crippen LogP contribution in [0.25, 0.3) is 0 Å². The minimum absolute atomic E-state index is 0.127. The van der Waals surface area contributed by atoms with E-state index in [4.69, 9.17) is 23.3 Å². The van der Waals surface area contributed by atoms with Crippen molar-refractivity contribution in [1.82, 2.24) is 0 Å². The van der Waals surface area contributed by atoms with Gasteiger partial charge in [0.15, 0.2) is 6.10 Å². The fraction of sp³-hybridized carbons (Fsp3) is 0.703. The number of rotatable bonds is 55. The van der Waals surface area contributed by atoms with Crippen LogP contribution in [0, 0.1) is 0 Å². The molecule has 0 bridgehead atoms. The maximum absolute atomic E-state index is 12.9. The first-order chi connectivity index (χ1) is 37.2. The number of allylic oxidation sites excluding steroid dienone is 16. The Balaban J connectivity index is 4.77. The molecule has 0 aliphatic carbocycles. The first-order valence-corrected chi connectivity index (χ1v) is 31.6. The molecule has 0 radical (unpaired) electrons. The van der Waals surface area contributed by atoms with Gasteiger partial charge in [0.05, 0.1) is 19.8 Å². The highest BCUT2D eigenvalue weighted by molar-refractivity contribution is 7.47. The maximum Gasteiger partial charge on any atom is 0.472 e. The van der Waals surface area contributed by atoms with Gasteiger partial charge in [-0.25, -0.2) is 4.57 Å². The van der Waals surface area contributed by atoms with Crippen LogP contribution < -0.4 is 0 Å². The zero-order valence-corrected chi connectivity index (χ0v) is 49.1. The Morgan fingerprint density at radius 1 is 0.382 bits per heavy atom. The molecule has 0 saturated carbocycles. The van der Waals surface area contributed by atoms with Crippen LogP contribution in [-0.4, -0.2) is 66.5 Å². The van der Waals surface area contributed by atoms with Crippen molar-refractivity contribution in [2.75, 3.05) is 26.4 Å². The Kier molecular flexibility index (Phi) is 54.8. The molecule has 0 rings (SSSR count). The molecule has 0 aliphatic heterocycles. The summed E-state index contributed by atoms with van der Waals surface area (Å²) in [6.07, 6.45) is 67.9. The Bertz CT molecular complexity index is 1640. The molecule has 0 aromatic carbocycles. The number of carbonyl (C=O) groups is 3. The molecule has 0 aliphatic rings. The number of hydrogen-bond donors (Lipinski definition) is 2. The molecule has 11 nitrogen and oxygen atoms in total. The minimum Gasteiger partial charge on any atom is -0.462 e. The first kappa shape index (κ1) is 72.4. The van der Waals surface area contributed by atoms with E-state index in [9.17, 15) is 28.9 Å². The summed E-state index contributed by atoms with van der Waals surface area (Å²) < 4.78 is 39.5. The van der Waals surface area contributed by atoms with Gasteiger partial charge in [-0.1, -0.05) is 234 Å². The van der Waals surface area contributed by atoms with Gasteiger partial charge in [0.2, 0.25) is 0 Å². The quantitative estimate of drug-likeness (QED) is 0.0197. The van der Waals surface area contributed by atoms with Crippen molar-refractivity contribution in [3.63, 3.8) is 0 Å². The molecule has 0 amide bonds. The van der Waals surface area contributed by atoms with E-state index in [2.05, 4.69) is 118 Å². The Morgan fingerprint density at radius 2 is 0.684 bits per heavy atom. The van der Waals surface area contributed by atoms with Crippen LogP contribution in [-0.2, 0) is 42.2 Å². The van der Waals surface area contributed by atoms with E-state index in [0.29, 0.717) is 19.3 Å². The summed E-state index contributed by atoms with van der Waals surface area (Å²) in [5.74, 6) is -1.54. The molecule has 2 N–H and O–H groups in total. The van der Waals surface area contributed by atoms with Crippen LogP contribution in [0.1, 0.15) is 252 Å². The molecule has 0 spiro atoms. The first-order valence-electron chi connectivity index (χ1n) is 30.1. The molecule has 0 aromatic rings. The summed E-state index contributed by atoms with van der Waals surface area (Å²) in [5.41, 5.74) is 0. The number of aliphatic hydroxyl groups is 1. The molecule has 0 heterocycles. The molecular weight excluding hydrogens is 976 g/mol. The second kappa shape index (κ2) is 57.6. The highest BCUT2D eigenvalue weighted by Crippen LogP contribution is 2.43. The third-order valence-corrected chi connectivity index (χ3v) is 13.5. The lowest BCUT2D eigenvalue weighted by Gasteiger charge is -2.21. The van der Waals surface area contributed by atoms with E-state index < -0.39 is 57.8 Å². The number of carbonyl (C=O) groups excluding carboxylic acids is 3. The number of unbranched alkanes of at least 4 members (excludes halogenated alkanes) is 22. The SMILES string of the molecule is CC/C=C\C/C=C\C/C=C\C/C=C\CCCCCCC(=O)OC(COC(=O)CCCC/C=C\C/C=C\C/C=C\C/C=C\CC)COP(=O)(O)OCC(CO)OC(=O)CCCCCCCCCCCCCCCCCCC. The lowest BCUT2D eigenvalue weighted by molar-refractivity contribution is -0.161. The zero-order valence-electron chi connectivity index (χ0n) is 48.2. The van der Waals surface area contributed by atoms with Crippen LogP contribution in [0.3, 0.4) is 0 Å². The summed E-state index contributed by atoms with van der Waals surface area (Å²) in [6, 6.07) is 0. The predicted octanol–water partition coefficient (Wildman–Crippen LogP) is 18.0. The second-order valence-electron chi connectivity index (χ2n) is 19.8. The monoisotopic (exact) mass is 1080 g/mol. The molecule has 3 atom stereocenters. The highest BCUT2D eigenvalue weighted by atomic mass is 31.2. The highest BCUT2D eigenvalue weighted by Gasteiger charge is 2.28. The average molecular weight is 1090 g/mol. The van der Waals surface area contributed by atoms with Gasteiger partial charge in [-0.2, -0.15) is 0 Å². The molecule has 0 aromatic heterocycles. The summed E-state index contributed by atoms with van der Waals surface area (Å²) in [6.45, 7) is 4.36. The number of hydrogen-bond acceptors (Lipinski definition) is 10. The summed E-state index contributed by atoms with van der Waals surface area (Å²) >= 11 is 0. The van der Waals surface area contributed by atoms with Gasteiger partial charge >= 0.3 is 25.7 Å². The molecule has 0 fully saturated rings. The van der Waals surface area contributed by atoms with Gasteiger partial charge in [0.25, 0.3) is 0 Å². The van der Waals surface area contributed by atoms with Gasteiger partial charge in [-0.3, -0.25) is 23.4 Å². The minimum atomic E-state index is -4.77. The van der Waals surface area contributed by atoms with E-state index in [0.717, 1.165) is 109 Å². The van der Waals surface area contributed by atoms with Gasteiger partial charge in [-0.05, 0) is 96.3 Å². The summed E-state index contributed by atoms with van der Waals surface area (Å²) in [5, 5.41) is 9.84. The van der Waals surface area contributed by atoms with Crippen LogP contribution in [0.4, 0.5) is 0 Å². The van der Waals surface area contributed by atoms with Gasteiger partial charge < -0.3 is 24.2 Å². The van der Waals surface area contributed by atoms with Crippen LogP contribution >= 0.6 is 7.82 Å². The number of esters is 3. The number of phosphoric ester groups is 1. The van der Waals surface area contributed by atoms with Crippen molar-refractivity contribution in [3.8, 4) is 0 Å². The van der Waals surface area contributed by atoms with Crippen molar-refractivity contribution >= 4 is 25.7 Å². The van der Waals surface area contributed by atoms with Crippen molar-refractivity contribution in [3.05, 3.63) is 97.2 Å². The Labute approximate surface area is 463 Å². The fourth-order valence-corrected chi connectivity index (χ4v) is 8.77. The van der Waals surface area contributed by atoms with Crippen molar-refractivity contribution in [2.45, 2.75) is 264 Å². The van der Waals surface area contributed by atoms with Gasteiger partial charge in [0.1, 0.15) is 12.7 Å². The Hall–Kier alpha value is -3.60. The molecule has 76 heavy (non-hydrogen) atoms. The third kappa shape index (κ3) is 55.2. The molecular formula is C64H109O11P. The van der Waals surface area contributed by atoms with Crippen molar-refractivity contribution in [1.29, 1.82) is 0 Å². The maximum atomic E-state index is 12.9. The van der Waals surface area contributed by atoms with E-state index in [-0.39, 0.29) is 25.9 Å².